The highest BCUT2D eigenvalue weighted by molar-refractivity contribution is 6.30. The fraction of sp³-hybridized carbons (Fsp3) is 0.303. The van der Waals surface area contributed by atoms with Gasteiger partial charge in [0.05, 0.1) is 18.1 Å². The first-order chi connectivity index (χ1) is 19.5. The van der Waals surface area contributed by atoms with Crippen molar-refractivity contribution < 1.29 is 23.8 Å². The smallest absolute Gasteiger partial charge is 0.336 e. The molecule has 1 aliphatic carbocycles. The number of para-hydroxylation sites is 2. The molecule has 3 atom stereocenters. The summed E-state index contributed by atoms with van der Waals surface area (Å²) in [6.45, 7) is 4.46. The van der Waals surface area contributed by atoms with Crippen molar-refractivity contribution in [3.63, 3.8) is 0 Å². The van der Waals surface area contributed by atoms with Crippen molar-refractivity contribution in [3.05, 3.63) is 106 Å². The summed E-state index contributed by atoms with van der Waals surface area (Å²) in [5.41, 5.74) is 3.57. The molecule has 0 saturated heterocycles. The van der Waals surface area contributed by atoms with Gasteiger partial charge in [-0.05, 0) is 62.1 Å². The molecule has 1 unspecified atom stereocenters. The van der Waals surface area contributed by atoms with Gasteiger partial charge in [-0.15, -0.1) is 0 Å². The van der Waals surface area contributed by atoms with E-state index in [0.29, 0.717) is 47.2 Å². The van der Waals surface area contributed by atoms with Gasteiger partial charge in [0.25, 0.3) is 0 Å². The number of ether oxygens (including phenoxy) is 3. The molecule has 7 heteroatoms. The third-order valence-corrected chi connectivity index (χ3v) is 7.65. The first-order valence-electron chi connectivity index (χ1n) is 13.6. The van der Waals surface area contributed by atoms with Crippen LogP contribution < -0.4 is 9.47 Å². The zero-order valence-electron chi connectivity index (χ0n) is 22.6. The molecule has 0 bridgehead atoms. The summed E-state index contributed by atoms with van der Waals surface area (Å²) in [5.74, 6) is -0.235. The van der Waals surface area contributed by atoms with Crippen LogP contribution in [0.25, 0.3) is 0 Å². The van der Waals surface area contributed by atoms with E-state index < -0.39 is 17.8 Å². The summed E-state index contributed by atoms with van der Waals surface area (Å²) >= 11 is 6.10. The Kier molecular flexibility index (Phi) is 8.66. The number of benzene rings is 3. The number of hydrogen-bond donors (Lipinski definition) is 0. The van der Waals surface area contributed by atoms with Crippen LogP contribution in [0.5, 0.6) is 11.5 Å². The van der Waals surface area contributed by atoms with Gasteiger partial charge < -0.3 is 14.2 Å². The first-order valence-corrected chi connectivity index (χ1v) is 14.0. The molecule has 0 N–H and O–H groups in total. The second-order valence-corrected chi connectivity index (χ2v) is 10.4. The van der Waals surface area contributed by atoms with E-state index in [0.717, 1.165) is 16.8 Å². The molecule has 6 nitrogen and oxygen atoms in total. The van der Waals surface area contributed by atoms with E-state index >= 15 is 0 Å². The van der Waals surface area contributed by atoms with Crippen molar-refractivity contribution >= 4 is 29.1 Å². The Balaban J connectivity index is 1.46. The maximum absolute atomic E-state index is 13.9. The van der Waals surface area contributed by atoms with Gasteiger partial charge in [0.15, 0.2) is 0 Å². The molecular formula is C33H32ClNO5. The molecule has 0 amide bonds. The lowest BCUT2D eigenvalue weighted by atomic mass is 9.66. The predicted molar refractivity (Wildman–Crippen MR) is 155 cm³/mol. The van der Waals surface area contributed by atoms with Gasteiger partial charge in [-0.1, -0.05) is 60.1 Å². The second-order valence-electron chi connectivity index (χ2n) is 9.95. The average molecular weight is 558 g/mol. The molecule has 1 fully saturated rings. The standard InChI is InChI=1S/C33H32ClNO5/c1-3-38-29-12-8-7-11-26(29)31-30(33(37)40-18-17-39-25-9-5-4-6-10-25)21(2)35-27-19-23(20-28(36)32(27)31)22-13-15-24(34)16-14-22/h4-16,23,31-32H,3,17-20H2,1-2H3/t23-,31+,32?/m1/s1. The van der Waals surface area contributed by atoms with Crippen LogP contribution >= 0.6 is 11.6 Å². The molecule has 40 heavy (non-hydrogen) atoms. The van der Waals surface area contributed by atoms with Crippen LogP contribution in [-0.2, 0) is 14.3 Å². The Morgan fingerprint density at radius 3 is 2.38 bits per heavy atom. The summed E-state index contributed by atoms with van der Waals surface area (Å²) in [6.07, 6.45) is 0.973. The van der Waals surface area contributed by atoms with Crippen LogP contribution in [0, 0.1) is 5.92 Å². The Morgan fingerprint density at radius 1 is 0.900 bits per heavy atom. The summed E-state index contributed by atoms with van der Waals surface area (Å²) in [7, 11) is 0. The summed E-state index contributed by atoms with van der Waals surface area (Å²) in [6, 6.07) is 24.6. The molecule has 0 radical (unpaired) electrons. The highest BCUT2D eigenvalue weighted by Gasteiger charge is 2.47. The molecule has 3 aromatic rings. The molecule has 2 aliphatic rings. The van der Waals surface area contributed by atoms with Crippen molar-refractivity contribution in [1.29, 1.82) is 0 Å². The number of hydrogen-bond acceptors (Lipinski definition) is 6. The Labute approximate surface area is 239 Å². The monoisotopic (exact) mass is 557 g/mol. The lowest BCUT2D eigenvalue weighted by Crippen LogP contribution is -2.41. The highest BCUT2D eigenvalue weighted by Crippen LogP contribution is 2.48. The van der Waals surface area contributed by atoms with Crippen LogP contribution in [0.1, 0.15) is 49.7 Å². The molecule has 1 heterocycles. The number of fused-ring (bicyclic) bond motifs is 1. The van der Waals surface area contributed by atoms with Crippen molar-refractivity contribution in [2.75, 3.05) is 19.8 Å². The van der Waals surface area contributed by atoms with Crippen molar-refractivity contribution in [3.8, 4) is 11.5 Å². The number of nitrogens with zero attached hydrogens (tertiary/aromatic N) is 1. The largest absolute Gasteiger partial charge is 0.494 e. The minimum Gasteiger partial charge on any atom is -0.494 e. The SMILES string of the molecule is CCOc1ccccc1[C@H]1C(C(=O)OCCOc2ccccc2)=C(C)N=C2C[C@@H](c3ccc(Cl)cc3)CC(=O)C21. The number of allylic oxidation sites excluding steroid dienone is 1. The van der Waals surface area contributed by atoms with Gasteiger partial charge in [-0.2, -0.15) is 0 Å². The number of carbonyl (C=O) groups is 2. The Bertz CT molecular complexity index is 1430. The summed E-state index contributed by atoms with van der Waals surface area (Å²) < 4.78 is 17.3. The number of carbonyl (C=O) groups excluding carboxylic acids is 2. The van der Waals surface area contributed by atoms with E-state index in [1.165, 1.54) is 0 Å². The van der Waals surface area contributed by atoms with Gasteiger partial charge in [0.2, 0.25) is 0 Å². The number of esters is 1. The number of aliphatic imine (C=N–C) groups is 1. The van der Waals surface area contributed by atoms with E-state index in [1.807, 2.05) is 92.7 Å². The molecule has 206 valence electrons. The van der Waals surface area contributed by atoms with Crippen molar-refractivity contribution in [2.24, 2.45) is 10.9 Å². The Morgan fingerprint density at radius 2 is 1.62 bits per heavy atom. The van der Waals surface area contributed by atoms with Crippen molar-refractivity contribution in [2.45, 2.75) is 38.5 Å². The molecule has 3 aromatic carbocycles. The number of halogens is 1. The zero-order chi connectivity index (χ0) is 28.1. The third kappa shape index (κ3) is 5.97. The topological polar surface area (TPSA) is 74.2 Å². The maximum atomic E-state index is 13.9. The molecular weight excluding hydrogens is 526 g/mol. The van der Waals surface area contributed by atoms with Crippen LogP contribution in [0.4, 0.5) is 0 Å². The first kappa shape index (κ1) is 27.7. The summed E-state index contributed by atoms with van der Waals surface area (Å²) in [5, 5.41) is 0.655. The number of ketones is 1. The van der Waals surface area contributed by atoms with Gasteiger partial charge >= 0.3 is 5.97 Å². The quantitative estimate of drug-likeness (QED) is 0.210. The van der Waals surface area contributed by atoms with E-state index in [1.54, 1.807) is 0 Å². The third-order valence-electron chi connectivity index (χ3n) is 7.40. The van der Waals surface area contributed by atoms with E-state index in [9.17, 15) is 9.59 Å². The molecule has 1 saturated carbocycles. The normalized spacial score (nSPS) is 20.4. The van der Waals surface area contributed by atoms with E-state index in [4.69, 9.17) is 30.8 Å². The van der Waals surface area contributed by atoms with Crippen LogP contribution in [0.15, 0.2) is 95.1 Å². The van der Waals surface area contributed by atoms with Crippen molar-refractivity contribution in [1.82, 2.24) is 0 Å². The van der Waals surface area contributed by atoms with Crippen LogP contribution in [-0.4, -0.2) is 37.3 Å². The predicted octanol–water partition coefficient (Wildman–Crippen LogP) is 6.94. The van der Waals surface area contributed by atoms with Gasteiger partial charge in [0, 0.05) is 34.3 Å². The van der Waals surface area contributed by atoms with Gasteiger partial charge in [-0.25, -0.2) is 4.79 Å². The molecule has 5 rings (SSSR count). The fourth-order valence-corrected chi connectivity index (χ4v) is 5.79. The number of Topliss-reactive ketones (excluding diaryl/α,β-unsaturated/α-hetero) is 1. The highest BCUT2D eigenvalue weighted by atomic mass is 35.5. The second kappa shape index (κ2) is 12.5. The van der Waals surface area contributed by atoms with E-state index in [-0.39, 0.29) is 24.9 Å². The Hall–Kier alpha value is -3.90. The molecule has 0 spiro atoms. The van der Waals surface area contributed by atoms with Crippen LogP contribution in [0.2, 0.25) is 5.02 Å². The minimum absolute atomic E-state index is 0.000936. The lowest BCUT2D eigenvalue weighted by Gasteiger charge is -2.38. The summed E-state index contributed by atoms with van der Waals surface area (Å²) in [4.78, 5) is 32.3. The fourth-order valence-electron chi connectivity index (χ4n) is 5.66. The minimum atomic E-state index is -0.572. The number of rotatable bonds is 9. The maximum Gasteiger partial charge on any atom is 0.336 e. The van der Waals surface area contributed by atoms with E-state index in [2.05, 4.69) is 0 Å². The zero-order valence-corrected chi connectivity index (χ0v) is 23.4. The molecule has 0 aromatic heterocycles. The van der Waals surface area contributed by atoms with Crippen LogP contribution in [0.3, 0.4) is 0 Å². The molecule has 1 aliphatic heterocycles. The van der Waals surface area contributed by atoms with Gasteiger partial charge in [0.1, 0.15) is 30.5 Å². The van der Waals surface area contributed by atoms with Gasteiger partial charge in [-0.3, -0.25) is 9.79 Å². The average Bonchev–Trinajstić information content (AvgIpc) is 2.96. The lowest BCUT2D eigenvalue weighted by molar-refractivity contribution is -0.140.